The van der Waals surface area contributed by atoms with Crippen molar-refractivity contribution in [3.05, 3.63) is 65.8 Å². The van der Waals surface area contributed by atoms with Gasteiger partial charge in [0.05, 0.1) is 11.8 Å². The Morgan fingerprint density at radius 2 is 1.81 bits per heavy atom. The highest BCUT2D eigenvalue weighted by molar-refractivity contribution is 5.64. The standard InChI is InChI=1S/C15H11F2NO3/c16-15(17)14-11(13(19)10-7-4-8-20-10)12(18-21-14)9-5-2-1-3-6-9/h1-8,13,15,19H. The Hall–Kier alpha value is -2.47. The molecule has 0 saturated carbocycles. The van der Waals surface area contributed by atoms with Crippen molar-refractivity contribution in [3.8, 4) is 11.3 Å². The van der Waals surface area contributed by atoms with Crippen molar-refractivity contribution >= 4 is 0 Å². The van der Waals surface area contributed by atoms with Gasteiger partial charge in [0.2, 0.25) is 5.76 Å². The molecule has 0 bridgehead atoms. The molecule has 2 aromatic heterocycles. The monoisotopic (exact) mass is 291 g/mol. The summed E-state index contributed by atoms with van der Waals surface area (Å²) in [5.41, 5.74) is 0.676. The molecule has 4 nitrogen and oxygen atoms in total. The van der Waals surface area contributed by atoms with Crippen molar-refractivity contribution in [1.82, 2.24) is 5.16 Å². The van der Waals surface area contributed by atoms with E-state index in [1.165, 1.54) is 12.3 Å². The summed E-state index contributed by atoms with van der Waals surface area (Å²) >= 11 is 0. The number of hydrogen-bond acceptors (Lipinski definition) is 4. The van der Waals surface area contributed by atoms with Crippen LogP contribution in [-0.4, -0.2) is 10.3 Å². The fourth-order valence-corrected chi connectivity index (χ4v) is 2.12. The number of nitrogens with zero attached hydrogens (tertiary/aromatic N) is 1. The molecule has 21 heavy (non-hydrogen) atoms. The van der Waals surface area contributed by atoms with Crippen molar-refractivity contribution in [2.24, 2.45) is 0 Å². The number of halogens is 2. The molecule has 0 aliphatic rings. The van der Waals surface area contributed by atoms with E-state index in [1.807, 2.05) is 0 Å². The molecule has 6 heteroatoms. The Morgan fingerprint density at radius 1 is 1.05 bits per heavy atom. The largest absolute Gasteiger partial charge is 0.466 e. The first kappa shape index (κ1) is 13.5. The molecular weight excluding hydrogens is 280 g/mol. The van der Waals surface area contributed by atoms with E-state index < -0.39 is 18.3 Å². The first-order valence-electron chi connectivity index (χ1n) is 6.23. The quantitative estimate of drug-likeness (QED) is 0.790. The molecule has 0 fully saturated rings. The van der Waals surface area contributed by atoms with Crippen LogP contribution in [0.4, 0.5) is 8.78 Å². The lowest BCUT2D eigenvalue weighted by atomic mass is 10.00. The van der Waals surface area contributed by atoms with Crippen molar-refractivity contribution in [2.75, 3.05) is 0 Å². The second-order valence-corrected chi connectivity index (χ2v) is 4.39. The zero-order valence-corrected chi connectivity index (χ0v) is 10.7. The fourth-order valence-electron chi connectivity index (χ4n) is 2.12. The summed E-state index contributed by atoms with van der Waals surface area (Å²) in [6.07, 6.45) is -2.89. The Morgan fingerprint density at radius 3 is 2.43 bits per heavy atom. The number of aromatic nitrogens is 1. The lowest BCUT2D eigenvalue weighted by Gasteiger charge is -2.09. The summed E-state index contributed by atoms with van der Waals surface area (Å²) in [6.45, 7) is 0. The summed E-state index contributed by atoms with van der Waals surface area (Å²) in [6, 6.07) is 11.7. The molecule has 108 valence electrons. The van der Waals surface area contributed by atoms with Gasteiger partial charge in [0.25, 0.3) is 6.43 Å². The van der Waals surface area contributed by atoms with E-state index in [-0.39, 0.29) is 17.0 Å². The number of aliphatic hydroxyl groups excluding tert-OH is 1. The number of hydrogen-bond donors (Lipinski definition) is 1. The summed E-state index contributed by atoms with van der Waals surface area (Å²) < 4.78 is 36.0. The highest BCUT2D eigenvalue weighted by atomic mass is 19.3. The van der Waals surface area contributed by atoms with E-state index in [0.717, 1.165) is 0 Å². The number of rotatable bonds is 4. The molecule has 0 spiro atoms. The van der Waals surface area contributed by atoms with Crippen molar-refractivity contribution in [3.63, 3.8) is 0 Å². The minimum atomic E-state index is -2.88. The molecule has 0 aliphatic heterocycles. The zero-order chi connectivity index (χ0) is 14.8. The number of benzene rings is 1. The van der Waals surface area contributed by atoms with Gasteiger partial charge in [0, 0.05) is 5.56 Å². The molecule has 0 amide bonds. The fraction of sp³-hybridized carbons (Fsp3) is 0.133. The van der Waals surface area contributed by atoms with Crippen molar-refractivity contribution in [1.29, 1.82) is 0 Å². The third-order valence-electron chi connectivity index (χ3n) is 3.09. The van der Waals surface area contributed by atoms with Crippen LogP contribution in [0.3, 0.4) is 0 Å². The average molecular weight is 291 g/mol. The van der Waals surface area contributed by atoms with E-state index in [4.69, 9.17) is 8.94 Å². The van der Waals surface area contributed by atoms with Crippen molar-refractivity contribution in [2.45, 2.75) is 12.5 Å². The topological polar surface area (TPSA) is 59.4 Å². The SMILES string of the molecule is OC(c1ccco1)c1c(-c2ccccc2)noc1C(F)F. The van der Waals surface area contributed by atoms with Crippen molar-refractivity contribution < 1.29 is 22.8 Å². The maximum absolute atomic E-state index is 13.1. The van der Waals surface area contributed by atoms with E-state index in [1.54, 1.807) is 36.4 Å². The zero-order valence-electron chi connectivity index (χ0n) is 10.7. The van der Waals surface area contributed by atoms with Gasteiger partial charge in [-0.25, -0.2) is 8.78 Å². The molecule has 1 aromatic carbocycles. The van der Waals surface area contributed by atoms with Gasteiger partial charge in [-0.1, -0.05) is 35.5 Å². The summed E-state index contributed by atoms with van der Waals surface area (Å²) in [5, 5.41) is 14.0. The van der Waals surface area contributed by atoms with Gasteiger partial charge in [-0.05, 0) is 12.1 Å². The highest BCUT2D eigenvalue weighted by Gasteiger charge is 2.31. The normalized spacial score (nSPS) is 12.8. The molecule has 3 aromatic rings. The van der Waals surface area contributed by atoms with E-state index in [0.29, 0.717) is 5.56 Å². The summed E-state index contributed by atoms with van der Waals surface area (Å²) in [5.74, 6) is -0.505. The van der Waals surface area contributed by atoms with Gasteiger partial charge >= 0.3 is 0 Å². The molecule has 1 N–H and O–H groups in total. The second-order valence-electron chi connectivity index (χ2n) is 4.39. The van der Waals surface area contributed by atoms with Crippen LogP contribution in [0.1, 0.15) is 29.6 Å². The molecule has 0 saturated heterocycles. The molecule has 1 atom stereocenters. The Balaban J connectivity index is 2.14. The third kappa shape index (κ3) is 2.45. The van der Waals surface area contributed by atoms with Crippen LogP contribution in [-0.2, 0) is 0 Å². The van der Waals surface area contributed by atoms with Gasteiger partial charge in [-0.15, -0.1) is 0 Å². The maximum atomic E-state index is 13.1. The minimum absolute atomic E-state index is 0.0776. The number of alkyl halides is 2. The first-order chi connectivity index (χ1) is 10.2. The van der Waals surface area contributed by atoms with Gasteiger partial charge < -0.3 is 14.0 Å². The number of aliphatic hydroxyl groups is 1. The first-order valence-corrected chi connectivity index (χ1v) is 6.23. The molecule has 0 aliphatic carbocycles. The van der Waals surface area contributed by atoms with Gasteiger partial charge in [0.15, 0.2) is 0 Å². The van der Waals surface area contributed by atoms with Crippen LogP contribution in [0.2, 0.25) is 0 Å². The van der Waals surface area contributed by atoms with Gasteiger partial charge in [0.1, 0.15) is 17.6 Å². The van der Waals surface area contributed by atoms with Crippen LogP contribution >= 0.6 is 0 Å². The molecule has 2 heterocycles. The predicted molar refractivity (Wildman–Crippen MR) is 69.7 cm³/mol. The Kier molecular flexibility index (Phi) is 3.53. The van der Waals surface area contributed by atoms with Gasteiger partial charge in [-0.2, -0.15) is 0 Å². The van der Waals surface area contributed by atoms with E-state index in [9.17, 15) is 13.9 Å². The summed E-state index contributed by atoms with van der Waals surface area (Å²) in [7, 11) is 0. The third-order valence-corrected chi connectivity index (χ3v) is 3.09. The molecule has 0 radical (unpaired) electrons. The highest BCUT2D eigenvalue weighted by Crippen LogP contribution is 2.38. The van der Waals surface area contributed by atoms with E-state index in [2.05, 4.69) is 5.16 Å². The van der Waals surface area contributed by atoms with Crippen LogP contribution in [0.25, 0.3) is 11.3 Å². The second kappa shape index (κ2) is 5.49. The Labute approximate surface area is 118 Å². The summed E-state index contributed by atoms with van der Waals surface area (Å²) in [4.78, 5) is 0. The smallest absolute Gasteiger partial charge is 0.298 e. The minimum Gasteiger partial charge on any atom is -0.466 e. The van der Waals surface area contributed by atoms with E-state index >= 15 is 0 Å². The lowest BCUT2D eigenvalue weighted by molar-refractivity contribution is 0.104. The van der Waals surface area contributed by atoms with Crippen LogP contribution in [0, 0.1) is 0 Å². The molecule has 1 unspecified atom stereocenters. The molecular formula is C15H11F2NO3. The Bertz CT molecular complexity index is 708. The van der Waals surface area contributed by atoms with Crippen LogP contribution in [0.15, 0.2) is 57.7 Å². The predicted octanol–water partition coefficient (Wildman–Crippen LogP) is 3.95. The van der Waals surface area contributed by atoms with Gasteiger partial charge in [-0.3, -0.25) is 0 Å². The van der Waals surface area contributed by atoms with Crippen LogP contribution < -0.4 is 0 Å². The maximum Gasteiger partial charge on any atom is 0.298 e. The lowest BCUT2D eigenvalue weighted by Crippen LogP contribution is -2.02. The number of furan rings is 1. The average Bonchev–Trinajstić information content (AvgIpc) is 3.17. The van der Waals surface area contributed by atoms with Crippen LogP contribution in [0.5, 0.6) is 0 Å². The molecule has 3 rings (SSSR count).